The number of likely N-dealkylation sites (N-methyl/N-ethyl adjacent to an activating group) is 1. The lowest BCUT2D eigenvalue weighted by Crippen LogP contribution is -3.12. The van der Waals surface area contributed by atoms with Gasteiger partial charge in [-0.3, -0.25) is 0 Å². The van der Waals surface area contributed by atoms with Crippen LogP contribution >= 0.6 is 12.2 Å². The smallest absolute Gasteiger partial charge is 0.387 e. The summed E-state index contributed by atoms with van der Waals surface area (Å²) in [5.41, 5.74) is 1.98. The van der Waals surface area contributed by atoms with E-state index in [9.17, 15) is 8.78 Å². The maximum Gasteiger partial charge on any atom is 0.387 e. The lowest BCUT2D eigenvalue weighted by atomic mass is 10.0. The Morgan fingerprint density at radius 2 is 1.88 bits per heavy atom. The summed E-state index contributed by atoms with van der Waals surface area (Å²) < 4.78 is 28.9. The van der Waals surface area contributed by atoms with Crippen molar-refractivity contribution in [2.45, 2.75) is 12.7 Å². The molecule has 1 unspecified atom stereocenters. The van der Waals surface area contributed by atoms with Crippen LogP contribution in [-0.4, -0.2) is 43.3 Å². The van der Waals surface area contributed by atoms with E-state index < -0.39 is 6.61 Å². The fourth-order valence-electron chi connectivity index (χ4n) is 3.14. The number of benzene rings is 2. The molecule has 1 aliphatic rings. The van der Waals surface area contributed by atoms with E-state index in [0.717, 1.165) is 25.3 Å². The number of nitrogens with zero attached hydrogens (tertiary/aromatic N) is 1. The molecule has 2 aromatic carbocycles. The van der Waals surface area contributed by atoms with Gasteiger partial charge in [-0.15, -0.1) is 0 Å². The monoisotopic (exact) mass is 378 g/mol. The summed E-state index contributed by atoms with van der Waals surface area (Å²) in [6.45, 7) is -0.00213. The van der Waals surface area contributed by atoms with Gasteiger partial charge in [-0.25, -0.2) is 0 Å². The first kappa shape index (κ1) is 18.5. The van der Waals surface area contributed by atoms with E-state index in [1.807, 2.05) is 18.2 Å². The van der Waals surface area contributed by atoms with Crippen molar-refractivity contribution in [2.75, 3.05) is 32.0 Å². The molecule has 0 spiro atoms. The van der Waals surface area contributed by atoms with Crippen molar-refractivity contribution in [2.24, 2.45) is 0 Å². The van der Waals surface area contributed by atoms with Gasteiger partial charge in [0.05, 0.1) is 20.1 Å². The van der Waals surface area contributed by atoms with Crippen LogP contribution in [0.1, 0.15) is 11.6 Å². The van der Waals surface area contributed by atoms with Gasteiger partial charge in [0.25, 0.3) is 0 Å². The zero-order valence-electron chi connectivity index (χ0n) is 14.5. The largest absolute Gasteiger partial charge is 0.435 e. The Kier molecular flexibility index (Phi) is 6.00. The number of quaternary nitrogens is 1. The Morgan fingerprint density at radius 1 is 1.19 bits per heavy atom. The number of piperazine rings is 1. The molecule has 0 aliphatic carbocycles. The van der Waals surface area contributed by atoms with Gasteiger partial charge in [0, 0.05) is 5.69 Å². The molecular formula is C19H22F2N3OS+. The van der Waals surface area contributed by atoms with Crippen molar-refractivity contribution >= 4 is 23.0 Å². The molecule has 1 fully saturated rings. The van der Waals surface area contributed by atoms with E-state index in [2.05, 4.69) is 34.1 Å². The summed E-state index contributed by atoms with van der Waals surface area (Å²) in [7, 11) is 2.19. The average molecular weight is 378 g/mol. The summed E-state index contributed by atoms with van der Waals surface area (Å²) in [6.07, 6.45) is 0. The van der Waals surface area contributed by atoms with Crippen molar-refractivity contribution in [3.05, 3.63) is 60.2 Å². The Bertz CT molecular complexity index is 727. The minimum atomic E-state index is -2.82. The van der Waals surface area contributed by atoms with Gasteiger partial charge < -0.3 is 19.9 Å². The molecule has 2 aromatic rings. The lowest BCUT2D eigenvalue weighted by molar-refractivity contribution is -0.887. The fraction of sp³-hybridized carbons (Fsp3) is 0.316. The second kappa shape index (κ2) is 8.42. The maximum atomic E-state index is 12.2. The molecule has 1 aliphatic heterocycles. The first-order chi connectivity index (χ1) is 12.5. The number of anilines is 1. The van der Waals surface area contributed by atoms with E-state index in [0.29, 0.717) is 5.11 Å². The van der Waals surface area contributed by atoms with Crippen LogP contribution in [0.15, 0.2) is 54.6 Å². The molecule has 7 heteroatoms. The molecule has 0 bridgehead atoms. The maximum absolute atomic E-state index is 12.2. The molecule has 1 heterocycles. The van der Waals surface area contributed by atoms with E-state index in [1.165, 1.54) is 22.6 Å². The van der Waals surface area contributed by atoms with Crippen LogP contribution in [0, 0.1) is 0 Å². The Hall–Kier alpha value is -2.25. The summed E-state index contributed by atoms with van der Waals surface area (Å²) in [6, 6.07) is 16.9. The number of hydrogen-bond acceptors (Lipinski definition) is 2. The van der Waals surface area contributed by atoms with Gasteiger partial charge in [-0.2, -0.15) is 8.78 Å². The van der Waals surface area contributed by atoms with Crippen LogP contribution < -0.4 is 15.0 Å². The SMILES string of the molecule is C[NH+]1CCN(C(=S)Nc2ccc(OC(F)F)cc2)[C@@H](c2ccccc2)C1. The fourth-order valence-corrected chi connectivity index (χ4v) is 3.48. The molecule has 1 saturated heterocycles. The molecule has 0 saturated carbocycles. The molecule has 4 nitrogen and oxygen atoms in total. The van der Waals surface area contributed by atoms with Crippen LogP contribution in [0.2, 0.25) is 0 Å². The summed E-state index contributed by atoms with van der Waals surface area (Å²) >= 11 is 5.63. The Morgan fingerprint density at radius 3 is 2.54 bits per heavy atom. The molecule has 0 radical (unpaired) electrons. The van der Waals surface area contributed by atoms with Crippen molar-refractivity contribution in [1.82, 2.24) is 4.90 Å². The highest BCUT2D eigenvalue weighted by atomic mass is 32.1. The number of ether oxygens (including phenoxy) is 1. The van der Waals surface area contributed by atoms with Crippen LogP contribution in [0.3, 0.4) is 0 Å². The number of alkyl halides is 2. The van der Waals surface area contributed by atoms with Crippen molar-refractivity contribution in [1.29, 1.82) is 0 Å². The van der Waals surface area contributed by atoms with E-state index in [4.69, 9.17) is 12.2 Å². The summed E-state index contributed by atoms with van der Waals surface area (Å²) in [5, 5.41) is 3.85. The molecular weight excluding hydrogens is 356 g/mol. The second-order valence-electron chi connectivity index (χ2n) is 6.36. The van der Waals surface area contributed by atoms with Gasteiger partial charge in [0.1, 0.15) is 18.3 Å². The molecule has 2 N–H and O–H groups in total. The zero-order chi connectivity index (χ0) is 18.5. The minimum Gasteiger partial charge on any atom is -0.435 e. The topological polar surface area (TPSA) is 28.9 Å². The molecule has 26 heavy (non-hydrogen) atoms. The van der Waals surface area contributed by atoms with Crippen molar-refractivity contribution < 1.29 is 18.4 Å². The third-order valence-corrected chi connectivity index (χ3v) is 4.81. The number of rotatable bonds is 4. The van der Waals surface area contributed by atoms with Crippen LogP contribution in [-0.2, 0) is 0 Å². The van der Waals surface area contributed by atoms with Gasteiger partial charge in [0.15, 0.2) is 5.11 Å². The van der Waals surface area contributed by atoms with Gasteiger partial charge in [-0.05, 0) is 42.0 Å². The highest BCUT2D eigenvalue weighted by molar-refractivity contribution is 7.80. The predicted molar refractivity (Wildman–Crippen MR) is 102 cm³/mol. The summed E-state index contributed by atoms with van der Waals surface area (Å²) in [4.78, 5) is 3.66. The second-order valence-corrected chi connectivity index (χ2v) is 6.75. The number of nitrogens with one attached hydrogen (secondary N) is 2. The summed E-state index contributed by atoms with van der Waals surface area (Å²) in [5.74, 6) is 0.127. The van der Waals surface area contributed by atoms with E-state index in [1.54, 1.807) is 12.1 Å². The Balaban J connectivity index is 1.71. The lowest BCUT2D eigenvalue weighted by Gasteiger charge is -2.39. The third-order valence-electron chi connectivity index (χ3n) is 4.47. The number of hydrogen-bond donors (Lipinski definition) is 2. The molecule has 138 valence electrons. The average Bonchev–Trinajstić information content (AvgIpc) is 2.63. The Labute approximate surface area is 157 Å². The van der Waals surface area contributed by atoms with Crippen molar-refractivity contribution in [3.63, 3.8) is 0 Å². The quantitative estimate of drug-likeness (QED) is 0.801. The third kappa shape index (κ3) is 4.68. The molecule has 0 amide bonds. The zero-order valence-corrected chi connectivity index (χ0v) is 15.3. The standard InChI is InChI=1S/C19H21F2N3OS/c1-23-11-12-24(17(13-23)14-5-3-2-4-6-14)19(26)22-15-7-9-16(10-8-15)25-18(20)21/h2-10,17-18H,11-13H2,1H3,(H,22,26)/p+1/t17-/m1/s1. The number of halogens is 2. The molecule has 0 aromatic heterocycles. The van der Waals surface area contributed by atoms with E-state index >= 15 is 0 Å². The van der Waals surface area contributed by atoms with E-state index in [-0.39, 0.29) is 11.8 Å². The van der Waals surface area contributed by atoms with Gasteiger partial charge in [0.2, 0.25) is 0 Å². The van der Waals surface area contributed by atoms with Crippen LogP contribution in [0.25, 0.3) is 0 Å². The van der Waals surface area contributed by atoms with Gasteiger partial charge in [-0.1, -0.05) is 30.3 Å². The highest BCUT2D eigenvalue weighted by Gasteiger charge is 2.30. The van der Waals surface area contributed by atoms with Gasteiger partial charge >= 0.3 is 6.61 Å². The molecule has 2 atom stereocenters. The predicted octanol–water partition coefficient (Wildman–Crippen LogP) is 2.56. The first-order valence-corrected chi connectivity index (χ1v) is 8.92. The van der Waals surface area contributed by atoms with Crippen LogP contribution in [0.4, 0.5) is 14.5 Å². The first-order valence-electron chi connectivity index (χ1n) is 8.51. The van der Waals surface area contributed by atoms with Crippen molar-refractivity contribution in [3.8, 4) is 5.75 Å². The normalized spacial score (nSPS) is 20.1. The number of thiocarbonyl (C=S) groups is 1. The highest BCUT2D eigenvalue weighted by Crippen LogP contribution is 2.23. The molecule has 3 rings (SSSR count). The van der Waals surface area contributed by atoms with Crippen LogP contribution in [0.5, 0.6) is 5.75 Å². The minimum absolute atomic E-state index is 0.127.